The molecule has 0 spiro atoms. The minimum Gasteiger partial charge on any atom is -0.392 e. The van der Waals surface area contributed by atoms with E-state index in [0.717, 1.165) is 22.3 Å². The molecule has 0 radical (unpaired) electrons. The molecule has 0 fully saturated rings. The van der Waals surface area contributed by atoms with Crippen molar-refractivity contribution in [2.24, 2.45) is 0 Å². The third kappa shape index (κ3) is 3.22. The van der Waals surface area contributed by atoms with E-state index in [0.29, 0.717) is 5.92 Å². The Balaban J connectivity index is 2.48. The Morgan fingerprint density at radius 1 is 0.842 bits per heavy atom. The number of hydrogen-bond acceptors (Lipinski definition) is 2. The third-order valence-electron chi connectivity index (χ3n) is 3.30. The van der Waals surface area contributed by atoms with Crippen LogP contribution in [0.15, 0.2) is 42.5 Å². The van der Waals surface area contributed by atoms with Crippen LogP contribution in [0.1, 0.15) is 36.5 Å². The van der Waals surface area contributed by atoms with Gasteiger partial charge in [-0.2, -0.15) is 0 Å². The number of aliphatic hydroxyl groups is 2. The minimum atomic E-state index is -0.00922. The van der Waals surface area contributed by atoms with Gasteiger partial charge in [0, 0.05) is 0 Å². The van der Waals surface area contributed by atoms with E-state index in [1.807, 2.05) is 18.2 Å². The van der Waals surface area contributed by atoms with Crippen molar-refractivity contribution in [1.29, 1.82) is 0 Å². The summed E-state index contributed by atoms with van der Waals surface area (Å²) in [7, 11) is 0. The summed E-state index contributed by atoms with van der Waals surface area (Å²) in [4.78, 5) is 0. The lowest BCUT2D eigenvalue weighted by atomic mass is 9.95. The molecule has 0 saturated carbocycles. The van der Waals surface area contributed by atoms with Crippen LogP contribution in [-0.2, 0) is 13.2 Å². The quantitative estimate of drug-likeness (QED) is 0.879. The van der Waals surface area contributed by atoms with Crippen molar-refractivity contribution in [3.05, 3.63) is 59.2 Å². The molecule has 0 aromatic heterocycles. The highest BCUT2D eigenvalue weighted by atomic mass is 16.3. The molecule has 2 heteroatoms. The Labute approximate surface area is 114 Å². The molecular weight excluding hydrogens is 236 g/mol. The molecule has 0 atom stereocenters. The molecule has 0 bridgehead atoms. The van der Waals surface area contributed by atoms with Gasteiger partial charge in [-0.3, -0.25) is 0 Å². The van der Waals surface area contributed by atoms with Crippen LogP contribution in [0.3, 0.4) is 0 Å². The molecular formula is C17H20O2. The zero-order valence-corrected chi connectivity index (χ0v) is 11.4. The van der Waals surface area contributed by atoms with Crippen LogP contribution in [0.4, 0.5) is 0 Å². The van der Waals surface area contributed by atoms with Gasteiger partial charge in [0.25, 0.3) is 0 Å². The Kier molecular flexibility index (Phi) is 4.35. The lowest BCUT2D eigenvalue weighted by Gasteiger charge is -2.11. The summed E-state index contributed by atoms with van der Waals surface area (Å²) in [6.07, 6.45) is 0. The Hall–Kier alpha value is -1.64. The van der Waals surface area contributed by atoms with Crippen molar-refractivity contribution < 1.29 is 10.2 Å². The second-order valence-electron chi connectivity index (χ2n) is 5.13. The average molecular weight is 256 g/mol. The molecule has 0 aliphatic heterocycles. The van der Waals surface area contributed by atoms with Crippen LogP contribution in [0.2, 0.25) is 0 Å². The third-order valence-corrected chi connectivity index (χ3v) is 3.30. The molecule has 2 aromatic carbocycles. The Morgan fingerprint density at radius 2 is 1.47 bits per heavy atom. The molecule has 2 rings (SSSR count). The van der Waals surface area contributed by atoms with Crippen LogP contribution in [0.25, 0.3) is 11.1 Å². The highest BCUT2D eigenvalue weighted by Crippen LogP contribution is 2.26. The number of rotatable bonds is 4. The van der Waals surface area contributed by atoms with E-state index >= 15 is 0 Å². The van der Waals surface area contributed by atoms with E-state index in [-0.39, 0.29) is 13.2 Å². The van der Waals surface area contributed by atoms with Crippen molar-refractivity contribution in [2.75, 3.05) is 0 Å². The first-order valence-corrected chi connectivity index (χ1v) is 6.59. The van der Waals surface area contributed by atoms with Crippen LogP contribution in [-0.4, -0.2) is 10.2 Å². The highest BCUT2D eigenvalue weighted by Gasteiger charge is 2.05. The molecule has 0 aliphatic rings. The second-order valence-corrected chi connectivity index (χ2v) is 5.13. The molecule has 0 aliphatic carbocycles. The van der Waals surface area contributed by atoms with Crippen molar-refractivity contribution in [1.82, 2.24) is 0 Å². The fraction of sp³-hybridized carbons (Fsp3) is 0.294. The zero-order valence-electron chi connectivity index (χ0n) is 11.4. The predicted octanol–water partition coefficient (Wildman–Crippen LogP) is 3.46. The zero-order chi connectivity index (χ0) is 13.8. The first kappa shape index (κ1) is 13.8. The molecule has 2 nitrogen and oxygen atoms in total. The standard InChI is InChI=1S/C17H20O2/c1-12(2)15-4-3-5-16(9-15)17-7-13(10-18)6-14(8-17)11-19/h3-9,12,18-19H,10-11H2,1-2H3. The fourth-order valence-electron chi connectivity index (χ4n) is 2.19. The predicted molar refractivity (Wildman–Crippen MR) is 77.8 cm³/mol. The first-order valence-electron chi connectivity index (χ1n) is 6.59. The molecule has 0 heterocycles. The summed E-state index contributed by atoms with van der Waals surface area (Å²) in [5.74, 6) is 0.485. The SMILES string of the molecule is CC(C)c1cccc(-c2cc(CO)cc(CO)c2)c1. The summed E-state index contributed by atoms with van der Waals surface area (Å²) in [6, 6.07) is 14.2. The summed E-state index contributed by atoms with van der Waals surface area (Å²) in [5, 5.41) is 18.6. The molecule has 2 N–H and O–H groups in total. The smallest absolute Gasteiger partial charge is 0.0682 e. The van der Waals surface area contributed by atoms with E-state index < -0.39 is 0 Å². The summed E-state index contributed by atoms with van der Waals surface area (Å²) in [6.45, 7) is 4.32. The average Bonchev–Trinajstić information content (AvgIpc) is 2.46. The van der Waals surface area contributed by atoms with Crippen molar-refractivity contribution in [2.45, 2.75) is 33.0 Å². The number of hydrogen-bond donors (Lipinski definition) is 2. The first-order chi connectivity index (χ1) is 9.13. The van der Waals surface area contributed by atoms with Gasteiger partial charge in [-0.25, -0.2) is 0 Å². The van der Waals surface area contributed by atoms with Crippen LogP contribution >= 0.6 is 0 Å². The van der Waals surface area contributed by atoms with Gasteiger partial charge in [0.1, 0.15) is 0 Å². The van der Waals surface area contributed by atoms with Gasteiger partial charge in [0.15, 0.2) is 0 Å². The number of aliphatic hydroxyl groups excluding tert-OH is 2. The van der Waals surface area contributed by atoms with Crippen LogP contribution in [0.5, 0.6) is 0 Å². The van der Waals surface area contributed by atoms with E-state index in [2.05, 4.69) is 38.1 Å². The molecule has 0 amide bonds. The molecule has 0 saturated heterocycles. The van der Waals surface area contributed by atoms with Gasteiger partial charge >= 0.3 is 0 Å². The van der Waals surface area contributed by atoms with E-state index in [9.17, 15) is 10.2 Å². The fourth-order valence-corrected chi connectivity index (χ4v) is 2.19. The van der Waals surface area contributed by atoms with Crippen molar-refractivity contribution in [3.8, 4) is 11.1 Å². The van der Waals surface area contributed by atoms with Crippen molar-refractivity contribution in [3.63, 3.8) is 0 Å². The van der Waals surface area contributed by atoms with Gasteiger partial charge in [-0.05, 0) is 45.9 Å². The topological polar surface area (TPSA) is 40.5 Å². The normalized spacial score (nSPS) is 11.0. The van der Waals surface area contributed by atoms with Crippen LogP contribution in [0, 0.1) is 0 Å². The monoisotopic (exact) mass is 256 g/mol. The van der Waals surface area contributed by atoms with E-state index in [1.54, 1.807) is 0 Å². The lowest BCUT2D eigenvalue weighted by Crippen LogP contribution is -1.92. The Bertz CT molecular complexity index is 537. The number of benzene rings is 2. The van der Waals surface area contributed by atoms with Gasteiger partial charge in [0.05, 0.1) is 13.2 Å². The maximum atomic E-state index is 9.29. The largest absolute Gasteiger partial charge is 0.392 e. The minimum absolute atomic E-state index is 0.00922. The summed E-state index contributed by atoms with van der Waals surface area (Å²) >= 11 is 0. The van der Waals surface area contributed by atoms with E-state index in [4.69, 9.17) is 0 Å². The maximum Gasteiger partial charge on any atom is 0.0682 e. The summed E-state index contributed by atoms with van der Waals surface area (Å²) < 4.78 is 0. The van der Waals surface area contributed by atoms with Gasteiger partial charge < -0.3 is 10.2 Å². The van der Waals surface area contributed by atoms with Crippen LogP contribution < -0.4 is 0 Å². The highest BCUT2D eigenvalue weighted by molar-refractivity contribution is 5.66. The molecule has 0 unspecified atom stereocenters. The maximum absolute atomic E-state index is 9.29. The lowest BCUT2D eigenvalue weighted by molar-refractivity contribution is 0.275. The molecule has 2 aromatic rings. The van der Waals surface area contributed by atoms with E-state index in [1.165, 1.54) is 5.56 Å². The molecule has 19 heavy (non-hydrogen) atoms. The van der Waals surface area contributed by atoms with Gasteiger partial charge in [-0.1, -0.05) is 44.2 Å². The second kappa shape index (κ2) is 6.00. The van der Waals surface area contributed by atoms with Crippen molar-refractivity contribution >= 4 is 0 Å². The summed E-state index contributed by atoms with van der Waals surface area (Å²) in [5.41, 5.74) is 5.11. The Morgan fingerprint density at radius 3 is 2.00 bits per heavy atom. The van der Waals surface area contributed by atoms with Gasteiger partial charge in [0.2, 0.25) is 0 Å². The van der Waals surface area contributed by atoms with Gasteiger partial charge in [-0.15, -0.1) is 0 Å². The molecule has 100 valence electrons.